The van der Waals surface area contributed by atoms with Gasteiger partial charge in [0.2, 0.25) is 0 Å². The Morgan fingerprint density at radius 1 is 1.33 bits per heavy atom. The van der Waals surface area contributed by atoms with Crippen LogP contribution in [-0.2, 0) is 4.74 Å². The molecule has 2 aromatic rings. The molecule has 0 spiro atoms. The number of phenolic OH excluding ortho intramolecular Hbond substituents is 1. The molecule has 0 radical (unpaired) electrons. The first-order chi connectivity index (χ1) is 8.74. The molecule has 1 aromatic heterocycles. The SMILES string of the molecule is CCCCOC(=O)c1nccc2c(O)cccc12. The summed E-state index contributed by atoms with van der Waals surface area (Å²) in [6.45, 7) is 2.42. The first kappa shape index (κ1) is 12.4. The van der Waals surface area contributed by atoms with Gasteiger partial charge in [-0.1, -0.05) is 25.5 Å². The highest BCUT2D eigenvalue weighted by Gasteiger charge is 2.14. The first-order valence-corrected chi connectivity index (χ1v) is 5.98. The summed E-state index contributed by atoms with van der Waals surface area (Å²) in [4.78, 5) is 15.9. The second kappa shape index (κ2) is 5.49. The molecule has 18 heavy (non-hydrogen) atoms. The molecule has 0 aliphatic rings. The van der Waals surface area contributed by atoms with Gasteiger partial charge in [0.05, 0.1) is 6.61 Å². The number of aromatic nitrogens is 1. The number of esters is 1. The van der Waals surface area contributed by atoms with Crippen LogP contribution >= 0.6 is 0 Å². The van der Waals surface area contributed by atoms with Crippen LogP contribution in [0.5, 0.6) is 5.75 Å². The molecule has 0 atom stereocenters. The van der Waals surface area contributed by atoms with Gasteiger partial charge in [-0.2, -0.15) is 0 Å². The summed E-state index contributed by atoms with van der Waals surface area (Å²) in [5.41, 5.74) is 0.250. The summed E-state index contributed by atoms with van der Waals surface area (Å²) >= 11 is 0. The van der Waals surface area contributed by atoms with Crippen LogP contribution in [-0.4, -0.2) is 22.7 Å². The number of benzene rings is 1. The lowest BCUT2D eigenvalue weighted by molar-refractivity contribution is 0.0495. The molecule has 1 N–H and O–H groups in total. The maximum absolute atomic E-state index is 11.9. The third-order valence-corrected chi connectivity index (χ3v) is 2.71. The molecule has 0 saturated carbocycles. The molecule has 0 amide bonds. The van der Waals surface area contributed by atoms with E-state index in [1.807, 2.05) is 6.92 Å². The third kappa shape index (κ3) is 2.42. The largest absolute Gasteiger partial charge is 0.507 e. The molecule has 4 heteroatoms. The molecule has 0 unspecified atom stereocenters. The van der Waals surface area contributed by atoms with Crippen LogP contribution in [0, 0.1) is 0 Å². The number of carbonyl (C=O) groups excluding carboxylic acids is 1. The predicted octanol–water partition coefficient (Wildman–Crippen LogP) is 2.90. The summed E-state index contributed by atoms with van der Waals surface area (Å²) in [7, 11) is 0. The monoisotopic (exact) mass is 245 g/mol. The second-order valence-corrected chi connectivity index (χ2v) is 4.02. The van der Waals surface area contributed by atoms with E-state index in [1.165, 1.54) is 6.20 Å². The lowest BCUT2D eigenvalue weighted by Crippen LogP contribution is -2.08. The van der Waals surface area contributed by atoms with Crippen LogP contribution < -0.4 is 0 Å². The zero-order valence-corrected chi connectivity index (χ0v) is 10.2. The minimum absolute atomic E-state index is 0.137. The summed E-state index contributed by atoms with van der Waals surface area (Å²) in [6, 6.07) is 6.68. The van der Waals surface area contributed by atoms with Crippen molar-refractivity contribution in [2.75, 3.05) is 6.61 Å². The summed E-state index contributed by atoms with van der Waals surface area (Å²) in [5.74, 6) is -0.308. The fourth-order valence-electron chi connectivity index (χ4n) is 1.73. The van der Waals surface area contributed by atoms with Crippen molar-refractivity contribution in [2.24, 2.45) is 0 Å². The molecule has 0 saturated heterocycles. The predicted molar refractivity (Wildman–Crippen MR) is 68.6 cm³/mol. The van der Waals surface area contributed by atoms with Crippen molar-refractivity contribution in [3.63, 3.8) is 0 Å². The number of carbonyl (C=O) groups is 1. The van der Waals surface area contributed by atoms with Crippen LogP contribution in [0.25, 0.3) is 10.8 Å². The molecule has 1 aromatic carbocycles. The van der Waals surface area contributed by atoms with Gasteiger partial charge in [0.15, 0.2) is 5.69 Å². The van der Waals surface area contributed by atoms with E-state index in [4.69, 9.17) is 4.74 Å². The van der Waals surface area contributed by atoms with Gasteiger partial charge in [-0.15, -0.1) is 0 Å². The van der Waals surface area contributed by atoms with Crippen LogP contribution in [0.15, 0.2) is 30.5 Å². The van der Waals surface area contributed by atoms with Gasteiger partial charge >= 0.3 is 5.97 Å². The number of ether oxygens (including phenoxy) is 1. The number of pyridine rings is 1. The number of aromatic hydroxyl groups is 1. The number of phenols is 1. The average Bonchev–Trinajstić information content (AvgIpc) is 2.39. The third-order valence-electron chi connectivity index (χ3n) is 2.71. The van der Waals surface area contributed by atoms with Crippen molar-refractivity contribution < 1.29 is 14.6 Å². The van der Waals surface area contributed by atoms with Gasteiger partial charge in [-0.3, -0.25) is 0 Å². The number of hydrogen-bond donors (Lipinski definition) is 1. The van der Waals surface area contributed by atoms with Crippen molar-refractivity contribution in [2.45, 2.75) is 19.8 Å². The second-order valence-electron chi connectivity index (χ2n) is 4.02. The quantitative estimate of drug-likeness (QED) is 0.664. The average molecular weight is 245 g/mol. The fourth-order valence-corrected chi connectivity index (χ4v) is 1.73. The van der Waals surface area contributed by atoms with E-state index in [9.17, 15) is 9.90 Å². The molecule has 0 aliphatic heterocycles. The minimum Gasteiger partial charge on any atom is -0.507 e. The maximum Gasteiger partial charge on any atom is 0.357 e. The van der Waals surface area contributed by atoms with E-state index in [1.54, 1.807) is 24.3 Å². The number of nitrogens with zero attached hydrogens (tertiary/aromatic N) is 1. The van der Waals surface area contributed by atoms with Crippen molar-refractivity contribution in [3.8, 4) is 5.75 Å². The van der Waals surface area contributed by atoms with Crippen LogP contribution in [0.4, 0.5) is 0 Å². The van der Waals surface area contributed by atoms with Gasteiger partial charge in [0.25, 0.3) is 0 Å². The number of hydrogen-bond acceptors (Lipinski definition) is 4. The summed E-state index contributed by atoms with van der Waals surface area (Å²) in [5, 5.41) is 10.9. The maximum atomic E-state index is 11.9. The van der Waals surface area contributed by atoms with Crippen molar-refractivity contribution >= 4 is 16.7 Å². The van der Waals surface area contributed by atoms with Crippen molar-refractivity contribution in [1.29, 1.82) is 0 Å². The van der Waals surface area contributed by atoms with E-state index in [-0.39, 0.29) is 11.4 Å². The van der Waals surface area contributed by atoms with E-state index in [0.717, 1.165) is 12.8 Å². The lowest BCUT2D eigenvalue weighted by atomic mass is 10.1. The standard InChI is InChI=1S/C14H15NO3/c1-2-3-9-18-14(17)13-11-5-4-6-12(16)10(11)7-8-15-13/h4-8,16H,2-3,9H2,1H3. The Morgan fingerprint density at radius 2 is 2.17 bits per heavy atom. The minimum atomic E-state index is -0.445. The highest BCUT2D eigenvalue weighted by atomic mass is 16.5. The van der Waals surface area contributed by atoms with Crippen LogP contribution in [0.3, 0.4) is 0 Å². The smallest absolute Gasteiger partial charge is 0.357 e. The molecular weight excluding hydrogens is 230 g/mol. The Kier molecular flexibility index (Phi) is 3.77. The number of unbranched alkanes of at least 4 members (excludes halogenated alkanes) is 1. The van der Waals surface area contributed by atoms with Crippen molar-refractivity contribution in [3.05, 3.63) is 36.2 Å². The van der Waals surface area contributed by atoms with Crippen LogP contribution in [0.2, 0.25) is 0 Å². The zero-order chi connectivity index (χ0) is 13.0. The highest BCUT2D eigenvalue weighted by Crippen LogP contribution is 2.25. The Balaban J connectivity index is 2.33. The summed E-state index contributed by atoms with van der Waals surface area (Å²) in [6.07, 6.45) is 3.30. The van der Waals surface area contributed by atoms with Gasteiger partial charge in [0.1, 0.15) is 5.75 Å². The van der Waals surface area contributed by atoms with Gasteiger partial charge in [0, 0.05) is 17.0 Å². The molecular formula is C14H15NO3. The Hall–Kier alpha value is -2.10. The number of fused-ring (bicyclic) bond motifs is 1. The first-order valence-electron chi connectivity index (χ1n) is 5.98. The lowest BCUT2D eigenvalue weighted by Gasteiger charge is -2.06. The Labute approximate surface area is 105 Å². The highest BCUT2D eigenvalue weighted by molar-refractivity contribution is 6.04. The number of rotatable bonds is 4. The Bertz CT molecular complexity index is 566. The molecule has 4 nitrogen and oxygen atoms in total. The van der Waals surface area contributed by atoms with E-state index < -0.39 is 5.97 Å². The van der Waals surface area contributed by atoms with E-state index >= 15 is 0 Å². The van der Waals surface area contributed by atoms with Gasteiger partial charge in [-0.05, 0) is 18.6 Å². The summed E-state index contributed by atoms with van der Waals surface area (Å²) < 4.78 is 5.13. The van der Waals surface area contributed by atoms with Crippen LogP contribution in [0.1, 0.15) is 30.3 Å². The molecule has 1 heterocycles. The van der Waals surface area contributed by atoms with E-state index in [2.05, 4.69) is 4.98 Å². The topological polar surface area (TPSA) is 59.4 Å². The molecule has 0 fully saturated rings. The molecule has 94 valence electrons. The fraction of sp³-hybridized carbons (Fsp3) is 0.286. The molecule has 0 aliphatic carbocycles. The zero-order valence-electron chi connectivity index (χ0n) is 10.2. The normalized spacial score (nSPS) is 10.5. The van der Waals surface area contributed by atoms with Gasteiger partial charge < -0.3 is 9.84 Å². The molecule has 2 rings (SSSR count). The Morgan fingerprint density at radius 3 is 2.94 bits per heavy atom. The van der Waals surface area contributed by atoms with Gasteiger partial charge in [-0.25, -0.2) is 9.78 Å². The van der Waals surface area contributed by atoms with Crippen molar-refractivity contribution in [1.82, 2.24) is 4.98 Å². The molecule has 0 bridgehead atoms. The van der Waals surface area contributed by atoms with E-state index in [0.29, 0.717) is 17.4 Å².